The number of carbonyl (C=O) groups is 2. The Balaban J connectivity index is 1.86. The van der Waals surface area contributed by atoms with Crippen LogP contribution in [0.5, 0.6) is 0 Å². The standard InChI is InChI=1S/C11H17NO3S/c13-10(8-3-5-16-6-4-8)12-9(11(14)15)7-1-2-7/h7-9H,1-6H2,(H,12,13)(H,14,15). The minimum atomic E-state index is -0.888. The van der Waals surface area contributed by atoms with Gasteiger partial charge in [0.05, 0.1) is 0 Å². The summed E-state index contributed by atoms with van der Waals surface area (Å²) in [5.41, 5.74) is 0. The summed E-state index contributed by atoms with van der Waals surface area (Å²) in [6.45, 7) is 0. The van der Waals surface area contributed by atoms with Gasteiger partial charge in [-0.2, -0.15) is 11.8 Å². The average molecular weight is 243 g/mol. The van der Waals surface area contributed by atoms with Crippen molar-refractivity contribution in [1.82, 2.24) is 5.32 Å². The third-order valence-electron chi connectivity index (χ3n) is 3.25. The number of carboxylic acid groups (broad SMARTS) is 1. The van der Waals surface area contributed by atoms with Gasteiger partial charge in [-0.3, -0.25) is 4.79 Å². The number of nitrogens with one attached hydrogen (secondary N) is 1. The number of amides is 1. The maximum atomic E-state index is 11.9. The molecule has 2 aliphatic rings. The second kappa shape index (κ2) is 5.08. The number of hydrogen-bond donors (Lipinski definition) is 2. The van der Waals surface area contributed by atoms with Gasteiger partial charge in [0.2, 0.25) is 5.91 Å². The molecule has 90 valence electrons. The van der Waals surface area contributed by atoms with Crippen molar-refractivity contribution in [2.75, 3.05) is 11.5 Å². The third kappa shape index (κ3) is 2.90. The van der Waals surface area contributed by atoms with Crippen LogP contribution in [-0.2, 0) is 9.59 Å². The van der Waals surface area contributed by atoms with Crippen LogP contribution >= 0.6 is 11.8 Å². The molecule has 1 saturated carbocycles. The molecule has 16 heavy (non-hydrogen) atoms. The maximum absolute atomic E-state index is 11.9. The molecule has 0 aromatic carbocycles. The Kier molecular flexibility index (Phi) is 3.74. The van der Waals surface area contributed by atoms with E-state index < -0.39 is 12.0 Å². The lowest BCUT2D eigenvalue weighted by Crippen LogP contribution is -2.45. The summed E-state index contributed by atoms with van der Waals surface area (Å²) in [5, 5.41) is 11.7. The third-order valence-corrected chi connectivity index (χ3v) is 4.30. The first-order chi connectivity index (χ1) is 7.68. The maximum Gasteiger partial charge on any atom is 0.326 e. The van der Waals surface area contributed by atoms with E-state index in [0.29, 0.717) is 0 Å². The summed E-state index contributed by atoms with van der Waals surface area (Å²) in [5.74, 6) is 1.28. The number of thioether (sulfide) groups is 1. The Labute approximate surface area is 99.2 Å². The van der Waals surface area contributed by atoms with E-state index in [1.165, 1.54) is 0 Å². The van der Waals surface area contributed by atoms with E-state index in [1.807, 2.05) is 11.8 Å². The molecule has 0 radical (unpaired) electrons. The molecule has 1 aliphatic heterocycles. The van der Waals surface area contributed by atoms with Crippen LogP contribution in [0.3, 0.4) is 0 Å². The highest BCUT2D eigenvalue weighted by Crippen LogP contribution is 2.33. The summed E-state index contributed by atoms with van der Waals surface area (Å²) >= 11 is 1.86. The number of rotatable bonds is 4. The van der Waals surface area contributed by atoms with Gasteiger partial charge in [0.1, 0.15) is 6.04 Å². The highest BCUT2D eigenvalue weighted by molar-refractivity contribution is 7.99. The molecule has 5 heteroatoms. The van der Waals surface area contributed by atoms with Crippen molar-refractivity contribution in [1.29, 1.82) is 0 Å². The normalized spacial score (nSPS) is 23.8. The van der Waals surface area contributed by atoms with Crippen molar-refractivity contribution in [2.45, 2.75) is 31.7 Å². The Hall–Kier alpha value is -0.710. The largest absolute Gasteiger partial charge is 0.480 e. The monoisotopic (exact) mass is 243 g/mol. The smallest absolute Gasteiger partial charge is 0.326 e. The van der Waals surface area contributed by atoms with Crippen molar-refractivity contribution < 1.29 is 14.7 Å². The zero-order chi connectivity index (χ0) is 11.5. The molecule has 1 aliphatic carbocycles. The van der Waals surface area contributed by atoms with Crippen LogP contribution in [0, 0.1) is 11.8 Å². The van der Waals surface area contributed by atoms with Crippen molar-refractivity contribution in [3.8, 4) is 0 Å². The molecule has 0 bridgehead atoms. The molecular formula is C11H17NO3S. The SMILES string of the molecule is O=C(NC(C(=O)O)C1CC1)C1CCSCC1. The second-order valence-electron chi connectivity index (χ2n) is 4.55. The summed E-state index contributed by atoms with van der Waals surface area (Å²) in [6, 6.07) is -0.651. The molecule has 2 rings (SSSR count). The van der Waals surface area contributed by atoms with Crippen molar-refractivity contribution >= 4 is 23.6 Å². The molecule has 2 fully saturated rings. The molecule has 1 amide bonds. The minimum Gasteiger partial charge on any atom is -0.480 e. The molecule has 1 unspecified atom stereocenters. The summed E-state index contributed by atoms with van der Waals surface area (Å²) in [6.07, 6.45) is 3.62. The van der Waals surface area contributed by atoms with Crippen LogP contribution in [0.15, 0.2) is 0 Å². The van der Waals surface area contributed by atoms with Gasteiger partial charge in [0.25, 0.3) is 0 Å². The zero-order valence-electron chi connectivity index (χ0n) is 9.15. The van der Waals surface area contributed by atoms with Crippen LogP contribution in [0.1, 0.15) is 25.7 Å². The second-order valence-corrected chi connectivity index (χ2v) is 5.77. The van der Waals surface area contributed by atoms with Crippen molar-refractivity contribution in [3.05, 3.63) is 0 Å². The van der Waals surface area contributed by atoms with Crippen molar-refractivity contribution in [3.63, 3.8) is 0 Å². The minimum absolute atomic E-state index is 0.0295. The Morgan fingerprint density at radius 2 is 1.81 bits per heavy atom. The number of carboxylic acids is 1. The Bertz CT molecular complexity index is 285. The Morgan fingerprint density at radius 3 is 2.31 bits per heavy atom. The average Bonchev–Trinajstić information content (AvgIpc) is 3.10. The quantitative estimate of drug-likeness (QED) is 0.776. The van der Waals surface area contributed by atoms with Gasteiger partial charge in [-0.25, -0.2) is 4.79 Å². The first-order valence-electron chi connectivity index (χ1n) is 5.79. The highest BCUT2D eigenvalue weighted by Gasteiger charge is 2.38. The van der Waals surface area contributed by atoms with Gasteiger partial charge >= 0.3 is 5.97 Å². The summed E-state index contributed by atoms with van der Waals surface area (Å²) < 4.78 is 0. The molecular weight excluding hydrogens is 226 g/mol. The lowest BCUT2D eigenvalue weighted by molar-refractivity contribution is -0.143. The van der Waals surface area contributed by atoms with E-state index in [2.05, 4.69) is 5.32 Å². The van der Waals surface area contributed by atoms with Crippen LogP contribution in [0.2, 0.25) is 0 Å². The van der Waals surface area contributed by atoms with Gasteiger partial charge < -0.3 is 10.4 Å². The molecule has 1 heterocycles. The molecule has 0 aromatic heterocycles. The van der Waals surface area contributed by atoms with Crippen LogP contribution in [0.25, 0.3) is 0 Å². The predicted molar refractivity (Wildman–Crippen MR) is 62.3 cm³/mol. The number of hydrogen-bond acceptors (Lipinski definition) is 3. The van der Waals surface area contributed by atoms with Gasteiger partial charge in [0.15, 0.2) is 0 Å². The lowest BCUT2D eigenvalue weighted by atomic mass is 10.0. The van der Waals surface area contributed by atoms with E-state index in [-0.39, 0.29) is 17.7 Å². The Morgan fingerprint density at radius 1 is 1.19 bits per heavy atom. The van der Waals surface area contributed by atoms with Gasteiger partial charge in [-0.15, -0.1) is 0 Å². The van der Waals surface area contributed by atoms with Crippen LogP contribution in [0.4, 0.5) is 0 Å². The van der Waals surface area contributed by atoms with Crippen LogP contribution in [-0.4, -0.2) is 34.5 Å². The van der Waals surface area contributed by atoms with E-state index in [9.17, 15) is 9.59 Å². The van der Waals surface area contributed by atoms with Crippen LogP contribution < -0.4 is 5.32 Å². The first-order valence-corrected chi connectivity index (χ1v) is 6.95. The fourth-order valence-electron chi connectivity index (χ4n) is 2.04. The molecule has 1 saturated heterocycles. The fraction of sp³-hybridized carbons (Fsp3) is 0.818. The fourth-order valence-corrected chi connectivity index (χ4v) is 3.15. The molecule has 4 nitrogen and oxygen atoms in total. The van der Waals surface area contributed by atoms with E-state index in [4.69, 9.17) is 5.11 Å². The highest BCUT2D eigenvalue weighted by atomic mass is 32.2. The van der Waals surface area contributed by atoms with E-state index in [1.54, 1.807) is 0 Å². The molecule has 1 atom stereocenters. The van der Waals surface area contributed by atoms with Gasteiger partial charge in [0, 0.05) is 5.92 Å². The van der Waals surface area contributed by atoms with E-state index >= 15 is 0 Å². The van der Waals surface area contributed by atoms with Crippen molar-refractivity contribution in [2.24, 2.45) is 11.8 Å². The summed E-state index contributed by atoms with van der Waals surface area (Å²) in [7, 11) is 0. The summed E-state index contributed by atoms with van der Waals surface area (Å²) in [4.78, 5) is 22.8. The number of carbonyl (C=O) groups excluding carboxylic acids is 1. The lowest BCUT2D eigenvalue weighted by Gasteiger charge is -2.22. The first kappa shape index (κ1) is 11.8. The van der Waals surface area contributed by atoms with Gasteiger partial charge in [-0.1, -0.05) is 0 Å². The number of aliphatic carboxylic acids is 1. The molecule has 0 aromatic rings. The topological polar surface area (TPSA) is 66.4 Å². The van der Waals surface area contributed by atoms with E-state index in [0.717, 1.165) is 37.2 Å². The predicted octanol–water partition coefficient (Wildman–Crippen LogP) is 1.11. The molecule has 2 N–H and O–H groups in total. The zero-order valence-corrected chi connectivity index (χ0v) is 9.96. The molecule has 0 spiro atoms. The van der Waals surface area contributed by atoms with Gasteiger partial charge in [-0.05, 0) is 43.1 Å².